The Hall–Kier alpha value is -1.88. The summed E-state index contributed by atoms with van der Waals surface area (Å²) in [4.78, 5) is 4.38. The van der Waals surface area contributed by atoms with Gasteiger partial charge < -0.3 is 10.5 Å². The second kappa shape index (κ2) is 6.16. The topological polar surface area (TPSA) is 76.8 Å². The first kappa shape index (κ1) is 12.6. The quantitative estimate of drug-likeness (QED) is 0.800. The molecule has 0 saturated heterocycles. The van der Waals surface area contributed by atoms with Crippen LogP contribution in [-0.4, -0.2) is 28.8 Å². The predicted octanol–water partition coefficient (Wildman–Crippen LogP) is 1.10. The van der Waals surface area contributed by atoms with Gasteiger partial charge in [-0.3, -0.25) is 5.10 Å². The Morgan fingerprint density at radius 3 is 2.61 bits per heavy atom. The van der Waals surface area contributed by atoms with Gasteiger partial charge >= 0.3 is 0 Å². The highest BCUT2D eigenvalue weighted by Gasteiger charge is 2.03. The van der Waals surface area contributed by atoms with Crippen molar-refractivity contribution in [3.05, 3.63) is 41.5 Å². The fourth-order valence-corrected chi connectivity index (χ4v) is 1.74. The van der Waals surface area contributed by atoms with Crippen LogP contribution in [0.4, 0.5) is 0 Å². The number of ether oxygens (including phenoxy) is 1. The lowest BCUT2D eigenvalue weighted by molar-refractivity contribution is 0.414. The number of hydrogen-bond donors (Lipinski definition) is 2. The summed E-state index contributed by atoms with van der Waals surface area (Å²) in [5, 5.41) is 7.07. The van der Waals surface area contributed by atoms with Gasteiger partial charge in [0.05, 0.1) is 7.11 Å². The summed E-state index contributed by atoms with van der Waals surface area (Å²) in [6.07, 6.45) is 2.49. The molecule has 2 aromatic rings. The molecule has 0 spiro atoms. The highest BCUT2D eigenvalue weighted by Crippen LogP contribution is 2.12. The molecule has 1 aromatic heterocycles. The molecule has 5 heteroatoms. The number of aromatic nitrogens is 3. The number of aromatic amines is 1. The number of nitrogens with two attached hydrogens (primary N) is 1. The van der Waals surface area contributed by atoms with Gasteiger partial charge in [0.25, 0.3) is 0 Å². The summed E-state index contributed by atoms with van der Waals surface area (Å²) in [7, 11) is 1.67. The van der Waals surface area contributed by atoms with Crippen molar-refractivity contribution in [1.29, 1.82) is 0 Å². The van der Waals surface area contributed by atoms with Gasteiger partial charge in [0.15, 0.2) is 5.82 Å². The Labute approximate surface area is 106 Å². The molecule has 0 amide bonds. The molecule has 0 aliphatic carbocycles. The van der Waals surface area contributed by atoms with E-state index >= 15 is 0 Å². The summed E-state index contributed by atoms with van der Waals surface area (Å²) in [5.41, 5.74) is 6.71. The zero-order valence-corrected chi connectivity index (χ0v) is 10.5. The van der Waals surface area contributed by atoms with Crippen molar-refractivity contribution in [2.45, 2.75) is 19.3 Å². The molecule has 2 rings (SSSR count). The average molecular weight is 246 g/mol. The lowest BCUT2D eigenvalue weighted by Gasteiger charge is -2.01. The number of hydrogen-bond acceptors (Lipinski definition) is 4. The standard InChI is InChI=1S/C13H18N4O/c1-18-11-5-2-10(3-6-11)4-7-12-15-13(8-9-14)17-16-12/h2-3,5-6H,4,7-9,14H2,1H3,(H,15,16,17). The van der Waals surface area contributed by atoms with E-state index in [2.05, 4.69) is 27.3 Å². The number of nitrogens with zero attached hydrogens (tertiary/aromatic N) is 2. The van der Waals surface area contributed by atoms with Crippen molar-refractivity contribution in [3.8, 4) is 5.75 Å². The van der Waals surface area contributed by atoms with Crippen molar-refractivity contribution < 1.29 is 4.74 Å². The predicted molar refractivity (Wildman–Crippen MR) is 69.5 cm³/mol. The van der Waals surface area contributed by atoms with Crippen molar-refractivity contribution in [2.75, 3.05) is 13.7 Å². The van der Waals surface area contributed by atoms with Gasteiger partial charge in [-0.25, -0.2) is 4.98 Å². The molecule has 0 saturated carbocycles. The van der Waals surface area contributed by atoms with E-state index in [-0.39, 0.29) is 0 Å². The molecule has 18 heavy (non-hydrogen) atoms. The van der Waals surface area contributed by atoms with Gasteiger partial charge in [0.2, 0.25) is 0 Å². The molecule has 0 unspecified atom stereocenters. The van der Waals surface area contributed by atoms with E-state index in [1.165, 1.54) is 5.56 Å². The van der Waals surface area contributed by atoms with Crippen LogP contribution in [0.1, 0.15) is 17.2 Å². The van der Waals surface area contributed by atoms with E-state index in [1.54, 1.807) is 7.11 Å². The third-order valence-electron chi connectivity index (χ3n) is 2.76. The number of rotatable bonds is 6. The molecule has 96 valence electrons. The second-order valence-electron chi connectivity index (χ2n) is 4.09. The number of aryl methyl sites for hydroxylation is 2. The molecule has 0 radical (unpaired) electrons. The van der Waals surface area contributed by atoms with Crippen molar-refractivity contribution in [3.63, 3.8) is 0 Å². The molecule has 0 aliphatic heterocycles. The summed E-state index contributed by atoms with van der Waals surface area (Å²) >= 11 is 0. The zero-order valence-electron chi connectivity index (χ0n) is 10.5. The number of methoxy groups -OCH3 is 1. The highest BCUT2D eigenvalue weighted by atomic mass is 16.5. The minimum Gasteiger partial charge on any atom is -0.497 e. The number of H-pyrrole nitrogens is 1. The molecule has 1 aromatic carbocycles. The minimum atomic E-state index is 0.590. The molecule has 0 bridgehead atoms. The van der Waals surface area contributed by atoms with E-state index in [9.17, 15) is 0 Å². The Bertz CT molecular complexity index is 478. The first-order valence-electron chi connectivity index (χ1n) is 6.05. The number of benzene rings is 1. The summed E-state index contributed by atoms with van der Waals surface area (Å²) in [5.74, 6) is 2.58. The van der Waals surface area contributed by atoms with E-state index < -0.39 is 0 Å². The fourth-order valence-electron chi connectivity index (χ4n) is 1.74. The first-order chi connectivity index (χ1) is 8.81. The van der Waals surface area contributed by atoms with Crippen LogP contribution in [0.3, 0.4) is 0 Å². The third kappa shape index (κ3) is 3.30. The van der Waals surface area contributed by atoms with Gasteiger partial charge in [0.1, 0.15) is 11.6 Å². The van der Waals surface area contributed by atoms with Crippen LogP contribution >= 0.6 is 0 Å². The summed E-state index contributed by atoms with van der Waals surface area (Å²) in [6.45, 7) is 0.590. The van der Waals surface area contributed by atoms with Gasteiger partial charge in [-0.15, -0.1) is 0 Å². The molecule has 0 aliphatic rings. The van der Waals surface area contributed by atoms with Crippen LogP contribution in [0.5, 0.6) is 5.75 Å². The molecule has 0 atom stereocenters. The van der Waals surface area contributed by atoms with E-state index in [0.717, 1.165) is 36.7 Å². The van der Waals surface area contributed by atoms with Crippen LogP contribution in [0.2, 0.25) is 0 Å². The molecule has 0 fully saturated rings. The van der Waals surface area contributed by atoms with Gasteiger partial charge in [0, 0.05) is 12.8 Å². The molecular formula is C13H18N4O. The zero-order chi connectivity index (χ0) is 12.8. The second-order valence-corrected chi connectivity index (χ2v) is 4.09. The monoisotopic (exact) mass is 246 g/mol. The first-order valence-corrected chi connectivity index (χ1v) is 6.05. The maximum absolute atomic E-state index is 5.46. The fraction of sp³-hybridized carbons (Fsp3) is 0.385. The Balaban J connectivity index is 1.89. The van der Waals surface area contributed by atoms with Crippen LogP contribution in [0, 0.1) is 0 Å². The van der Waals surface area contributed by atoms with Gasteiger partial charge in [-0.1, -0.05) is 12.1 Å². The van der Waals surface area contributed by atoms with Crippen molar-refractivity contribution in [2.24, 2.45) is 5.73 Å². The lowest BCUT2D eigenvalue weighted by Crippen LogP contribution is -2.04. The lowest BCUT2D eigenvalue weighted by atomic mass is 10.1. The van der Waals surface area contributed by atoms with Crippen LogP contribution in [-0.2, 0) is 19.3 Å². The van der Waals surface area contributed by atoms with Crippen molar-refractivity contribution in [1.82, 2.24) is 15.2 Å². The molecule has 5 nitrogen and oxygen atoms in total. The van der Waals surface area contributed by atoms with Crippen molar-refractivity contribution >= 4 is 0 Å². The maximum Gasteiger partial charge on any atom is 0.151 e. The molecule has 3 N–H and O–H groups in total. The Kier molecular flexibility index (Phi) is 4.30. The van der Waals surface area contributed by atoms with E-state index in [0.29, 0.717) is 6.54 Å². The molecule has 1 heterocycles. The van der Waals surface area contributed by atoms with E-state index in [4.69, 9.17) is 10.5 Å². The van der Waals surface area contributed by atoms with Gasteiger partial charge in [-0.2, -0.15) is 5.10 Å². The van der Waals surface area contributed by atoms with E-state index in [1.807, 2.05) is 12.1 Å². The minimum absolute atomic E-state index is 0.590. The van der Waals surface area contributed by atoms with Gasteiger partial charge in [-0.05, 0) is 30.7 Å². The largest absolute Gasteiger partial charge is 0.497 e. The summed E-state index contributed by atoms with van der Waals surface area (Å²) < 4.78 is 5.12. The highest BCUT2D eigenvalue weighted by molar-refractivity contribution is 5.27. The summed E-state index contributed by atoms with van der Waals surface area (Å²) in [6, 6.07) is 8.05. The van der Waals surface area contributed by atoms with Crippen LogP contribution in [0.25, 0.3) is 0 Å². The maximum atomic E-state index is 5.46. The Morgan fingerprint density at radius 1 is 1.17 bits per heavy atom. The molecular weight excluding hydrogens is 228 g/mol. The number of nitrogens with one attached hydrogen (secondary N) is 1. The SMILES string of the molecule is COc1ccc(CCc2n[nH]c(CCN)n2)cc1. The third-order valence-corrected chi connectivity index (χ3v) is 2.76. The normalized spacial score (nSPS) is 10.6. The Morgan fingerprint density at radius 2 is 1.94 bits per heavy atom. The van der Waals surface area contributed by atoms with Crippen LogP contribution < -0.4 is 10.5 Å². The van der Waals surface area contributed by atoms with Crippen LogP contribution in [0.15, 0.2) is 24.3 Å². The smallest absolute Gasteiger partial charge is 0.151 e. The average Bonchev–Trinajstić information content (AvgIpc) is 2.85.